The molecule has 1 heterocycles. The van der Waals surface area contributed by atoms with Crippen LogP contribution in [0.1, 0.15) is 69.3 Å². The number of halogens is 1. The van der Waals surface area contributed by atoms with Gasteiger partial charge in [0.25, 0.3) is 0 Å². The van der Waals surface area contributed by atoms with Gasteiger partial charge in [0.2, 0.25) is 0 Å². The maximum atomic E-state index is 5.22. The summed E-state index contributed by atoms with van der Waals surface area (Å²) >= 11 is 3.55. The first-order chi connectivity index (χ1) is 12.7. The zero-order valence-corrected chi connectivity index (χ0v) is 19.3. The average molecular weight is 438 g/mol. The van der Waals surface area contributed by atoms with Crippen molar-refractivity contribution in [3.05, 3.63) is 34.3 Å². The van der Waals surface area contributed by atoms with Crippen LogP contribution >= 0.6 is 15.9 Å². The largest absolute Gasteiger partial charge is 0.385 e. The van der Waals surface area contributed by atoms with Crippen LogP contribution in [0.2, 0.25) is 18.1 Å². The first kappa shape index (κ1) is 20.6. The number of rotatable bonds is 8. The summed E-state index contributed by atoms with van der Waals surface area (Å²) in [5.41, 5.74) is 1.56. The molecule has 1 aromatic rings. The molecule has 0 bridgehead atoms. The molecule has 1 nitrogen and oxygen atoms in total. The van der Waals surface area contributed by atoms with Crippen molar-refractivity contribution < 1.29 is 4.74 Å². The smallest absolute Gasteiger partial charge is 0.0459 e. The lowest BCUT2D eigenvalue weighted by Crippen LogP contribution is -2.22. The predicted molar refractivity (Wildman–Crippen MR) is 119 cm³/mol. The molecule has 2 fully saturated rings. The zero-order chi connectivity index (χ0) is 18.2. The van der Waals surface area contributed by atoms with Gasteiger partial charge in [0.05, 0.1) is 0 Å². The van der Waals surface area contributed by atoms with Crippen molar-refractivity contribution >= 4 is 24.7 Å². The Morgan fingerprint density at radius 3 is 2.15 bits per heavy atom. The van der Waals surface area contributed by atoms with E-state index >= 15 is 0 Å². The van der Waals surface area contributed by atoms with E-state index in [1.165, 1.54) is 55.5 Å². The Morgan fingerprint density at radius 2 is 1.54 bits per heavy atom. The molecule has 26 heavy (non-hydrogen) atoms. The minimum Gasteiger partial charge on any atom is -0.385 e. The number of benzene rings is 1. The molecule has 1 aromatic carbocycles. The Bertz CT molecular complexity index is 501. The molecule has 1 saturated heterocycles. The highest BCUT2D eigenvalue weighted by Gasteiger charge is 2.25. The van der Waals surface area contributed by atoms with E-state index in [9.17, 15) is 0 Å². The van der Waals surface area contributed by atoms with Crippen LogP contribution in [0, 0.1) is 11.8 Å². The second-order valence-corrected chi connectivity index (χ2v) is 13.2. The van der Waals surface area contributed by atoms with E-state index in [4.69, 9.17) is 4.74 Å². The molecule has 1 aliphatic heterocycles. The summed E-state index contributed by atoms with van der Waals surface area (Å²) in [5, 5.41) is 0. The van der Waals surface area contributed by atoms with Crippen LogP contribution in [0.3, 0.4) is 0 Å². The molecule has 0 aromatic heterocycles. The lowest BCUT2D eigenvalue weighted by molar-refractivity contribution is 0.199. The van der Waals surface area contributed by atoms with Gasteiger partial charge in [-0.25, -0.2) is 0 Å². The van der Waals surface area contributed by atoms with E-state index in [-0.39, 0.29) is 8.80 Å². The highest BCUT2D eigenvalue weighted by Crippen LogP contribution is 2.39. The van der Waals surface area contributed by atoms with Gasteiger partial charge in [0.15, 0.2) is 0 Å². The van der Waals surface area contributed by atoms with E-state index < -0.39 is 0 Å². The van der Waals surface area contributed by atoms with Crippen molar-refractivity contribution in [2.45, 2.75) is 81.8 Å². The summed E-state index contributed by atoms with van der Waals surface area (Å²) in [7, 11) is 1.45. The van der Waals surface area contributed by atoms with Crippen molar-refractivity contribution in [1.82, 2.24) is 0 Å². The standard InChI is InChI=1S/C23H37BrOSi/c1-25-15-2-16-26-17-13-20(14-18-26)4-3-19-5-7-21(8-6-19)22-9-11-23(24)12-10-22/h9-12,19-21,26H,2-8,13-18H2,1H3. The van der Waals surface area contributed by atoms with Crippen LogP contribution in [0.25, 0.3) is 0 Å². The summed E-state index contributed by atoms with van der Waals surface area (Å²) in [6, 6.07) is 13.8. The van der Waals surface area contributed by atoms with Crippen molar-refractivity contribution in [1.29, 1.82) is 0 Å². The van der Waals surface area contributed by atoms with E-state index in [1.54, 1.807) is 30.5 Å². The first-order valence-corrected chi connectivity index (χ1v) is 14.2. The van der Waals surface area contributed by atoms with E-state index in [0.717, 1.165) is 24.4 Å². The second-order valence-electron chi connectivity index (χ2n) is 8.87. The molecule has 0 spiro atoms. The maximum absolute atomic E-state index is 5.22. The van der Waals surface area contributed by atoms with Crippen LogP contribution in [-0.4, -0.2) is 22.5 Å². The minimum atomic E-state index is -0.386. The summed E-state index contributed by atoms with van der Waals surface area (Å²) in [6.45, 7) is 0.982. The third-order valence-electron chi connectivity index (χ3n) is 7.10. The third kappa shape index (κ3) is 6.49. The molecule has 1 aliphatic carbocycles. The maximum Gasteiger partial charge on any atom is 0.0459 e. The highest BCUT2D eigenvalue weighted by molar-refractivity contribution is 9.10. The molecule has 2 aliphatic rings. The van der Waals surface area contributed by atoms with Gasteiger partial charge in [0, 0.05) is 27.0 Å². The van der Waals surface area contributed by atoms with Gasteiger partial charge < -0.3 is 4.74 Å². The van der Waals surface area contributed by atoms with Gasteiger partial charge in [0.1, 0.15) is 0 Å². The molecule has 0 unspecified atom stereocenters. The van der Waals surface area contributed by atoms with E-state index in [0.29, 0.717) is 0 Å². The van der Waals surface area contributed by atoms with Gasteiger partial charge in [-0.15, -0.1) is 0 Å². The van der Waals surface area contributed by atoms with Crippen molar-refractivity contribution in [3.63, 3.8) is 0 Å². The molecular formula is C23H37BrOSi. The molecule has 0 atom stereocenters. The Labute approximate surface area is 171 Å². The quantitative estimate of drug-likeness (QED) is 0.309. The van der Waals surface area contributed by atoms with Crippen LogP contribution in [0.5, 0.6) is 0 Å². The predicted octanol–water partition coefficient (Wildman–Crippen LogP) is 7.18. The summed E-state index contributed by atoms with van der Waals surface area (Å²) in [5.74, 6) is 2.89. The SMILES string of the molecule is COCCC[SiH]1CCC(CCC2CCC(c3ccc(Br)cc3)CC2)CC1. The number of hydrogen-bond donors (Lipinski definition) is 0. The third-order valence-corrected chi connectivity index (χ3v) is 11.2. The highest BCUT2D eigenvalue weighted by atomic mass is 79.9. The fraction of sp³-hybridized carbons (Fsp3) is 0.739. The first-order valence-electron chi connectivity index (χ1n) is 11.0. The normalized spacial score (nSPS) is 29.6. The number of hydrogen-bond acceptors (Lipinski definition) is 1. The zero-order valence-electron chi connectivity index (χ0n) is 16.6. The second kappa shape index (κ2) is 11.0. The molecule has 1 saturated carbocycles. The average Bonchev–Trinajstić information content (AvgIpc) is 2.69. The van der Waals surface area contributed by atoms with Crippen molar-refractivity contribution in [2.75, 3.05) is 13.7 Å². The van der Waals surface area contributed by atoms with Gasteiger partial charge in [-0.3, -0.25) is 0 Å². The molecular weight excluding hydrogens is 400 g/mol. The molecule has 0 radical (unpaired) electrons. The molecule has 3 rings (SSSR count). The molecule has 146 valence electrons. The number of ether oxygens (including phenoxy) is 1. The van der Waals surface area contributed by atoms with Crippen LogP contribution < -0.4 is 0 Å². The Kier molecular flexibility index (Phi) is 8.73. The van der Waals surface area contributed by atoms with Gasteiger partial charge >= 0.3 is 0 Å². The fourth-order valence-corrected chi connectivity index (χ4v) is 9.08. The van der Waals surface area contributed by atoms with Crippen LogP contribution in [0.15, 0.2) is 28.7 Å². The van der Waals surface area contributed by atoms with Gasteiger partial charge in [-0.2, -0.15) is 0 Å². The fourth-order valence-electron chi connectivity index (χ4n) is 5.32. The monoisotopic (exact) mass is 436 g/mol. The summed E-state index contributed by atoms with van der Waals surface area (Å²) in [6.07, 6.45) is 13.2. The summed E-state index contributed by atoms with van der Waals surface area (Å²) < 4.78 is 6.42. The topological polar surface area (TPSA) is 9.23 Å². The Morgan fingerprint density at radius 1 is 0.923 bits per heavy atom. The summed E-state index contributed by atoms with van der Waals surface area (Å²) in [4.78, 5) is 0. The minimum absolute atomic E-state index is 0.386. The van der Waals surface area contributed by atoms with Crippen LogP contribution in [0.4, 0.5) is 0 Å². The molecule has 0 N–H and O–H groups in total. The lowest BCUT2D eigenvalue weighted by Gasteiger charge is -2.32. The van der Waals surface area contributed by atoms with Gasteiger partial charge in [-0.1, -0.05) is 71.9 Å². The van der Waals surface area contributed by atoms with Crippen molar-refractivity contribution in [2.24, 2.45) is 11.8 Å². The van der Waals surface area contributed by atoms with E-state index in [1.807, 2.05) is 7.11 Å². The molecule has 0 amide bonds. The lowest BCUT2D eigenvalue weighted by atomic mass is 9.76. The van der Waals surface area contributed by atoms with E-state index in [2.05, 4.69) is 40.2 Å². The van der Waals surface area contributed by atoms with Gasteiger partial charge in [-0.05, 0) is 67.6 Å². The molecule has 3 heteroatoms. The Balaban J connectivity index is 1.30. The van der Waals surface area contributed by atoms with Crippen molar-refractivity contribution in [3.8, 4) is 0 Å². The Hall–Kier alpha value is -0.123. The number of methoxy groups -OCH3 is 1. The van der Waals surface area contributed by atoms with Crippen LogP contribution in [-0.2, 0) is 4.74 Å².